The third-order valence-corrected chi connectivity index (χ3v) is 2.38. The Morgan fingerprint density at radius 2 is 2.23 bits per heavy atom. The van der Waals surface area contributed by atoms with E-state index in [1.54, 1.807) is 6.08 Å². The van der Waals surface area contributed by atoms with E-state index >= 15 is 0 Å². The molecule has 1 N–H and O–H groups in total. The largest absolute Gasteiger partial charge is 0.478 e. The minimum Gasteiger partial charge on any atom is -0.478 e. The topological polar surface area (TPSA) is 37.3 Å². The van der Waals surface area contributed by atoms with Crippen LogP contribution in [0.3, 0.4) is 0 Å². The number of carboxylic acids is 1. The molecule has 0 aliphatic heterocycles. The predicted molar refractivity (Wildman–Crippen MR) is 50.5 cm³/mol. The summed E-state index contributed by atoms with van der Waals surface area (Å²) < 4.78 is 0. The molecule has 0 radical (unpaired) electrons. The van der Waals surface area contributed by atoms with E-state index < -0.39 is 5.97 Å². The molecule has 0 bridgehead atoms. The Morgan fingerprint density at radius 3 is 2.92 bits per heavy atom. The predicted octanol–water partition coefficient (Wildman–Crippen LogP) is 2.02. The summed E-state index contributed by atoms with van der Waals surface area (Å²) in [6, 6.07) is 5.89. The zero-order valence-corrected chi connectivity index (χ0v) is 7.37. The van der Waals surface area contributed by atoms with E-state index in [0.29, 0.717) is 5.57 Å². The van der Waals surface area contributed by atoms with Crippen molar-refractivity contribution in [3.8, 4) is 0 Å². The van der Waals surface area contributed by atoms with Crippen LogP contribution in [0.5, 0.6) is 0 Å². The van der Waals surface area contributed by atoms with Crippen molar-refractivity contribution in [2.45, 2.75) is 13.3 Å². The SMILES string of the molecule is Cc1cccc2c1C(C(=O)O)=CC2. The van der Waals surface area contributed by atoms with Crippen LogP contribution in [0.25, 0.3) is 5.57 Å². The highest BCUT2D eigenvalue weighted by Crippen LogP contribution is 2.29. The lowest BCUT2D eigenvalue weighted by molar-refractivity contribution is -0.130. The smallest absolute Gasteiger partial charge is 0.335 e. The van der Waals surface area contributed by atoms with E-state index in [9.17, 15) is 4.79 Å². The van der Waals surface area contributed by atoms with Gasteiger partial charge in [-0.05, 0) is 30.0 Å². The molecular formula is C11H10O2. The number of benzene rings is 1. The van der Waals surface area contributed by atoms with E-state index in [4.69, 9.17) is 5.11 Å². The van der Waals surface area contributed by atoms with Gasteiger partial charge in [0, 0.05) is 0 Å². The average Bonchev–Trinajstić information content (AvgIpc) is 2.49. The normalized spacial score (nSPS) is 13.8. The van der Waals surface area contributed by atoms with Crippen LogP contribution in [0.4, 0.5) is 0 Å². The molecule has 1 aromatic rings. The molecule has 1 aromatic carbocycles. The Kier molecular flexibility index (Phi) is 1.69. The molecule has 0 atom stereocenters. The molecule has 0 saturated heterocycles. The lowest BCUT2D eigenvalue weighted by Crippen LogP contribution is -1.99. The highest BCUT2D eigenvalue weighted by molar-refractivity contribution is 6.17. The van der Waals surface area contributed by atoms with Crippen LogP contribution in [0.1, 0.15) is 16.7 Å². The van der Waals surface area contributed by atoms with Gasteiger partial charge in [0.25, 0.3) is 0 Å². The summed E-state index contributed by atoms with van der Waals surface area (Å²) in [6.45, 7) is 1.95. The fraction of sp³-hybridized carbons (Fsp3) is 0.182. The summed E-state index contributed by atoms with van der Waals surface area (Å²) in [6.07, 6.45) is 2.53. The Balaban J connectivity index is 2.60. The van der Waals surface area contributed by atoms with Crippen LogP contribution in [0, 0.1) is 6.92 Å². The highest BCUT2D eigenvalue weighted by Gasteiger charge is 2.20. The molecule has 2 heteroatoms. The summed E-state index contributed by atoms with van der Waals surface area (Å²) >= 11 is 0. The summed E-state index contributed by atoms with van der Waals surface area (Å²) in [4.78, 5) is 10.8. The maximum atomic E-state index is 10.8. The van der Waals surface area contributed by atoms with Crippen LogP contribution in [-0.4, -0.2) is 11.1 Å². The van der Waals surface area contributed by atoms with Crippen LogP contribution < -0.4 is 0 Å². The summed E-state index contributed by atoms with van der Waals surface area (Å²) in [5.41, 5.74) is 3.53. The number of fused-ring (bicyclic) bond motifs is 1. The number of allylic oxidation sites excluding steroid dienone is 1. The number of rotatable bonds is 1. The fourth-order valence-corrected chi connectivity index (χ4v) is 1.79. The molecule has 0 fully saturated rings. The molecule has 2 nitrogen and oxygen atoms in total. The standard InChI is InChI=1S/C11H10O2/c1-7-3-2-4-8-5-6-9(10(7)8)11(12)13/h2-4,6H,5H2,1H3,(H,12,13). The second-order valence-corrected chi connectivity index (χ2v) is 3.24. The first kappa shape index (κ1) is 8.05. The van der Waals surface area contributed by atoms with Crippen molar-refractivity contribution in [1.29, 1.82) is 0 Å². The molecule has 0 saturated carbocycles. The highest BCUT2D eigenvalue weighted by atomic mass is 16.4. The maximum absolute atomic E-state index is 10.8. The summed E-state index contributed by atoms with van der Waals surface area (Å²) in [5.74, 6) is -0.826. The third-order valence-electron chi connectivity index (χ3n) is 2.38. The Morgan fingerprint density at radius 1 is 1.46 bits per heavy atom. The minimum absolute atomic E-state index is 0.452. The molecule has 0 spiro atoms. The number of aryl methyl sites for hydroxylation is 1. The zero-order chi connectivity index (χ0) is 9.42. The maximum Gasteiger partial charge on any atom is 0.335 e. The average molecular weight is 174 g/mol. The fourth-order valence-electron chi connectivity index (χ4n) is 1.79. The van der Waals surface area contributed by atoms with Gasteiger partial charge in [-0.3, -0.25) is 0 Å². The Hall–Kier alpha value is -1.57. The van der Waals surface area contributed by atoms with Gasteiger partial charge in [-0.15, -0.1) is 0 Å². The summed E-state index contributed by atoms with van der Waals surface area (Å²) in [5, 5.41) is 8.92. The van der Waals surface area contributed by atoms with Crippen molar-refractivity contribution < 1.29 is 9.90 Å². The molecule has 0 amide bonds. The Labute approximate surface area is 76.5 Å². The Bertz CT molecular complexity index is 403. The lowest BCUT2D eigenvalue weighted by atomic mass is 10.0. The molecule has 0 heterocycles. The molecule has 0 unspecified atom stereocenters. The number of hydrogen-bond acceptors (Lipinski definition) is 1. The van der Waals surface area contributed by atoms with E-state index in [1.165, 1.54) is 0 Å². The van der Waals surface area contributed by atoms with Crippen molar-refractivity contribution in [3.05, 3.63) is 41.0 Å². The minimum atomic E-state index is -0.826. The van der Waals surface area contributed by atoms with Crippen molar-refractivity contribution in [2.24, 2.45) is 0 Å². The quantitative estimate of drug-likeness (QED) is 0.707. The van der Waals surface area contributed by atoms with Gasteiger partial charge in [-0.2, -0.15) is 0 Å². The van der Waals surface area contributed by atoms with Crippen LogP contribution in [0.15, 0.2) is 24.3 Å². The number of carbonyl (C=O) groups is 1. The first-order valence-corrected chi connectivity index (χ1v) is 4.22. The van der Waals surface area contributed by atoms with Gasteiger partial charge in [0.1, 0.15) is 0 Å². The lowest BCUT2D eigenvalue weighted by Gasteiger charge is -2.04. The zero-order valence-electron chi connectivity index (χ0n) is 7.37. The second-order valence-electron chi connectivity index (χ2n) is 3.24. The monoisotopic (exact) mass is 174 g/mol. The third kappa shape index (κ3) is 1.15. The van der Waals surface area contributed by atoms with Gasteiger partial charge < -0.3 is 5.11 Å². The van der Waals surface area contributed by atoms with Gasteiger partial charge >= 0.3 is 5.97 Å². The second kappa shape index (κ2) is 2.73. The van der Waals surface area contributed by atoms with Crippen LogP contribution >= 0.6 is 0 Å². The molecule has 2 rings (SSSR count). The van der Waals surface area contributed by atoms with Crippen molar-refractivity contribution in [3.63, 3.8) is 0 Å². The van der Waals surface area contributed by atoms with E-state index in [2.05, 4.69) is 0 Å². The molecule has 13 heavy (non-hydrogen) atoms. The van der Waals surface area contributed by atoms with Gasteiger partial charge in [0.05, 0.1) is 5.57 Å². The molecular weight excluding hydrogens is 164 g/mol. The van der Waals surface area contributed by atoms with E-state index in [-0.39, 0.29) is 0 Å². The van der Waals surface area contributed by atoms with Crippen molar-refractivity contribution in [2.75, 3.05) is 0 Å². The van der Waals surface area contributed by atoms with Crippen LogP contribution in [0.2, 0.25) is 0 Å². The van der Waals surface area contributed by atoms with Gasteiger partial charge in [-0.1, -0.05) is 24.3 Å². The van der Waals surface area contributed by atoms with E-state index in [1.807, 2.05) is 25.1 Å². The first-order chi connectivity index (χ1) is 6.20. The number of carboxylic acid groups (broad SMARTS) is 1. The molecule has 0 aromatic heterocycles. The molecule has 1 aliphatic carbocycles. The van der Waals surface area contributed by atoms with Crippen LogP contribution in [-0.2, 0) is 11.2 Å². The van der Waals surface area contributed by atoms with Gasteiger partial charge in [0.2, 0.25) is 0 Å². The van der Waals surface area contributed by atoms with Gasteiger partial charge in [-0.25, -0.2) is 4.79 Å². The number of hydrogen-bond donors (Lipinski definition) is 1. The molecule has 66 valence electrons. The number of aliphatic carboxylic acids is 1. The summed E-state index contributed by atoms with van der Waals surface area (Å²) in [7, 11) is 0. The first-order valence-electron chi connectivity index (χ1n) is 4.22. The van der Waals surface area contributed by atoms with Gasteiger partial charge in [0.15, 0.2) is 0 Å². The van der Waals surface area contributed by atoms with Crippen molar-refractivity contribution in [1.82, 2.24) is 0 Å². The van der Waals surface area contributed by atoms with E-state index in [0.717, 1.165) is 23.1 Å². The molecule has 1 aliphatic rings. The van der Waals surface area contributed by atoms with Crippen molar-refractivity contribution >= 4 is 11.5 Å².